The van der Waals surface area contributed by atoms with E-state index in [-0.39, 0.29) is 18.1 Å². The zero-order valence-electron chi connectivity index (χ0n) is 16.7. The molecule has 30 heavy (non-hydrogen) atoms. The number of benzene rings is 1. The van der Waals surface area contributed by atoms with E-state index in [1.54, 1.807) is 24.4 Å². The lowest BCUT2D eigenvalue weighted by atomic mass is 9.89. The average molecular weight is 452 g/mol. The zero-order valence-corrected chi connectivity index (χ0v) is 18.3. The number of aromatic nitrogens is 2. The van der Waals surface area contributed by atoms with Crippen molar-refractivity contribution in [1.29, 1.82) is 0 Å². The van der Waals surface area contributed by atoms with Crippen molar-refractivity contribution in [3.63, 3.8) is 0 Å². The average Bonchev–Trinajstić information content (AvgIpc) is 2.70. The van der Waals surface area contributed by atoms with Gasteiger partial charge < -0.3 is 20.7 Å². The lowest BCUT2D eigenvalue weighted by Crippen LogP contribution is -2.53. The molecule has 1 amide bonds. The van der Waals surface area contributed by atoms with Gasteiger partial charge in [0.15, 0.2) is 5.82 Å². The molecule has 3 N–H and O–H groups in total. The molecule has 0 aliphatic carbocycles. The molecule has 3 rings (SSSR count). The molecule has 1 aromatic carbocycles. The summed E-state index contributed by atoms with van der Waals surface area (Å²) >= 11 is 12.4. The maximum absolute atomic E-state index is 12.0. The number of piperidine rings is 1. The molecule has 2 aromatic rings. The van der Waals surface area contributed by atoms with E-state index >= 15 is 0 Å². The molecule has 1 fully saturated rings. The smallest absolute Gasteiger partial charge is 0.315 e. The van der Waals surface area contributed by atoms with E-state index in [1.807, 2.05) is 6.92 Å². The Hall–Kier alpha value is -2.58. The summed E-state index contributed by atoms with van der Waals surface area (Å²) in [5.74, 6) is 0.0116. The summed E-state index contributed by atoms with van der Waals surface area (Å²) in [6.07, 6.45) is 2.74. The van der Waals surface area contributed by atoms with Gasteiger partial charge in [0.2, 0.25) is 5.91 Å². The van der Waals surface area contributed by atoms with Crippen LogP contribution in [0.5, 0.6) is 0 Å². The van der Waals surface area contributed by atoms with Crippen molar-refractivity contribution >= 4 is 46.7 Å². The second-order valence-corrected chi connectivity index (χ2v) is 8.20. The number of nitrogen functional groups attached to an aromatic ring is 1. The molecule has 0 saturated carbocycles. The van der Waals surface area contributed by atoms with Crippen LogP contribution in [0.25, 0.3) is 11.3 Å². The fraction of sp³-hybridized carbons (Fsp3) is 0.400. The van der Waals surface area contributed by atoms with E-state index in [1.165, 1.54) is 7.11 Å². The van der Waals surface area contributed by atoms with E-state index in [9.17, 15) is 9.59 Å². The number of anilines is 2. The summed E-state index contributed by atoms with van der Waals surface area (Å²) in [4.78, 5) is 34.3. The van der Waals surface area contributed by atoms with Crippen LogP contribution in [0, 0.1) is 0 Å². The molecule has 0 atom stereocenters. The molecule has 8 nitrogen and oxygen atoms in total. The molecule has 1 aliphatic heterocycles. The summed E-state index contributed by atoms with van der Waals surface area (Å²) in [5, 5.41) is 3.73. The number of halogens is 2. The van der Waals surface area contributed by atoms with E-state index in [2.05, 4.69) is 24.9 Å². The van der Waals surface area contributed by atoms with Gasteiger partial charge >= 0.3 is 5.97 Å². The fourth-order valence-corrected chi connectivity index (χ4v) is 3.77. The Morgan fingerprint density at radius 3 is 2.63 bits per heavy atom. The topological polar surface area (TPSA) is 110 Å². The maximum atomic E-state index is 12.0. The number of ether oxygens (including phenoxy) is 1. The monoisotopic (exact) mass is 451 g/mol. The number of rotatable bonds is 5. The van der Waals surface area contributed by atoms with Gasteiger partial charge in [-0.3, -0.25) is 9.59 Å². The molecule has 0 radical (unpaired) electrons. The van der Waals surface area contributed by atoms with Crippen molar-refractivity contribution in [3.8, 4) is 11.3 Å². The van der Waals surface area contributed by atoms with Gasteiger partial charge in [0.25, 0.3) is 0 Å². The molecule has 1 saturated heterocycles. The number of amides is 1. The third kappa shape index (κ3) is 4.94. The van der Waals surface area contributed by atoms with Crippen LogP contribution in [-0.2, 0) is 14.3 Å². The van der Waals surface area contributed by atoms with Gasteiger partial charge in [-0.15, -0.1) is 0 Å². The Labute approximate surface area is 184 Å². The number of esters is 1. The first-order chi connectivity index (χ1) is 14.2. The Bertz CT molecular complexity index is 961. The molecular weight excluding hydrogens is 429 g/mol. The normalized spacial score (nSPS) is 15.5. The molecule has 0 unspecified atom stereocenters. The number of methoxy groups -OCH3 is 1. The van der Waals surface area contributed by atoms with Gasteiger partial charge in [-0.2, -0.15) is 0 Å². The first-order valence-corrected chi connectivity index (χ1v) is 10.2. The molecule has 0 bridgehead atoms. The van der Waals surface area contributed by atoms with Gasteiger partial charge in [0, 0.05) is 24.2 Å². The van der Waals surface area contributed by atoms with Crippen LogP contribution < -0.4 is 16.0 Å². The van der Waals surface area contributed by atoms with Crippen LogP contribution >= 0.6 is 23.2 Å². The second kappa shape index (κ2) is 9.06. The molecule has 10 heteroatoms. The predicted octanol–water partition coefficient (Wildman–Crippen LogP) is 3.07. The van der Waals surface area contributed by atoms with Crippen molar-refractivity contribution < 1.29 is 14.3 Å². The summed E-state index contributed by atoms with van der Waals surface area (Å²) in [7, 11) is 1.26. The van der Waals surface area contributed by atoms with Gasteiger partial charge in [0.1, 0.15) is 17.9 Å². The Morgan fingerprint density at radius 1 is 1.30 bits per heavy atom. The molecular formula is C20H23Cl2N5O3. The summed E-state index contributed by atoms with van der Waals surface area (Å²) < 4.78 is 4.53. The van der Waals surface area contributed by atoms with Crippen molar-refractivity contribution in [2.24, 2.45) is 0 Å². The minimum atomic E-state index is -0.556. The SMILES string of the molecule is COC(=O)CC(=O)NC1(C)CCN(c2cnc(-c3cccc(Cl)c3Cl)c(N)n2)CC1. The van der Waals surface area contributed by atoms with Gasteiger partial charge in [-0.25, -0.2) is 9.97 Å². The number of nitrogens with two attached hydrogens (primary N) is 1. The van der Waals surface area contributed by atoms with Crippen LogP contribution in [0.2, 0.25) is 10.0 Å². The summed E-state index contributed by atoms with van der Waals surface area (Å²) in [5.41, 5.74) is 6.85. The number of carbonyl (C=O) groups is 2. The van der Waals surface area contributed by atoms with Gasteiger partial charge in [0.05, 0.1) is 23.4 Å². The quantitative estimate of drug-likeness (QED) is 0.530. The molecule has 0 spiro atoms. The number of carbonyl (C=O) groups excluding carboxylic acids is 2. The van der Waals surface area contributed by atoms with Gasteiger partial charge in [-0.05, 0) is 25.8 Å². The van der Waals surface area contributed by atoms with E-state index in [0.29, 0.717) is 53.1 Å². The van der Waals surface area contributed by atoms with Crippen LogP contribution in [0.1, 0.15) is 26.2 Å². The van der Waals surface area contributed by atoms with E-state index < -0.39 is 11.5 Å². The molecule has 1 aliphatic rings. The number of nitrogens with one attached hydrogen (secondary N) is 1. The molecule has 160 valence electrons. The van der Waals surface area contributed by atoms with Gasteiger partial charge in [-0.1, -0.05) is 35.3 Å². The second-order valence-electron chi connectivity index (χ2n) is 7.41. The Balaban J connectivity index is 1.67. The summed E-state index contributed by atoms with van der Waals surface area (Å²) in [6, 6.07) is 5.26. The van der Waals surface area contributed by atoms with Crippen molar-refractivity contribution in [1.82, 2.24) is 15.3 Å². The first-order valence-electron chi connectivity index (χ1n) is 9.42. The highest BCUT2D eigenvalue weighted by molar-refractivity contribution is 6.43. The third-order valence-electron chi connectivity index (χ3n) is 5.16. The third-order valence-corrected chi connectivity index (χ3v) is 5.98. The largest absolute Gasteiger partial charge is 0.469 e. The van der Waals surface area contributed by atoms with Crippen LogP contribution in [0.4, 0.5) is 11.6 Å². The van der Waals surface area contributed by atoms with Crippen LogP contribution in [0.3, 0.4) is 0 Å². The zero-order chi connectivity index (χ0) is 21.9. The van der Waals surface area contributed by atoms with Crippen molar-refractivity contribution in [3.05, 3.63) is 34.4 Å². The minimum Gasteiger partial charge on any atom is -0.469 e. The van der Waals surface area contributed by atoms with Crippen LogP contribution in [-0.4, -0.2) is 47.6 Å². The maximum Gasteiger partial charge on any atom is 0.315 e. The number of nitrogens with zero attached hydrogens (tertiary/aromatic N) is 3. The summed E-state index contributed by atoms with van der Waals surface area (Å²) in [6.45, 7) is 3.27. The van der Waals surface area contributed by atoms with E-state index in [4.69, 9.17) is 28.9 Å². The lowest BCUT2D eigenvalue weighted by Gasteiger charge is -2.40. The van der Waals surface area contributed by atoms with Crippen LogP contribution in [0.15, 0.2) is 24.4 Å². The standard InChI is InChI=1S/C20H23Cl2N5O3/c1-20(26-15(28)10-16(29)30-2)6-8-27(9-7-20)14-11-24-18(19(23)25-14)12-4-3-5-13(21)17(12)22/h3-5,11H,6-10H2,1-2H3,(H2,23,25)(H,26,28). The van der Waals surface area contributed by atoms with Crippen molar-refractivity contribution in [2.75, 3.05) is 30.8 Å². The minimum absolute atomic E-state index is 0.261. The number of hydrogen-bond acceptors (Lipinski definition) is 7. The highest BCUT2D eigenvalue weighted by Crippen LogP contribution is 2.35. The Morgan fingerprint density at radius 2 is 2.00 bits per heavy atom. The first kappa shape index (κ1) is 22.1. The predicted molar refractivity (Wildman–Crippen MR) is 117 cm³/mol. The van der Waals surface area contributed by atoms with E-state index in [0.717, 1.165) is 0 Å². The highest BCUT2D eigenvalue weighted by Gasteiger charge is 2.32. The highest BCUT2D eigenvalue weighted by atomic mass is 35.5. The number of hydrogen-bond donors (Lipinski definition) is 2. The fourth-order valence-electron chi connectivity index (χ4n) is 3.38. The molecule has 1 aromatic heterocycles. The Kier molecular flexibility index (Phi) is 6.67. The molecule has 2 heterocycles. The lowest BCUT2D eigenvalue weighted by molar-refractivity contribution is -0.144. The van der Waals surface area contributed by atoms with Crippen molar-refractivity contribution in [2.45, 2.75) is 31.7 Å².